The van der Waals surface area contributed by atoms with Crippen LogP contribution in [0.1, 0.15) is 30.8 Å². The summed E-state index contributed by atoms with van der Waals surface area (Å²) in [5.41, 5.74) is 0. The average molecular weight is 182 g/mol. The SMILES string of the molecule is CCC(C)OCC(=O)c1ccco1. The van der Waals surface area contributed by atoms with Gasteiger partial charge in [0.15, 0.2) is 5.76 Å². The summed E-state index contributed by atoms with van der Waals surface area (Å²) in [6, 6.07) is 3.33. The Labute approximate surface area is 77.7 Å². The highest BCUT2D eigenvalue weighted by Crippen LogP contribution is 2.03. The first-order valence-corrected chi connectivity index (χ1v) is 4.42. The number of Topliss-reactive ketones (excluding diaryl/α,β-unsaturated/α-hetero) is 1. The fourth-order valence-electron chi connectivity index (χ4n) is 0.844. The first kappa shape index (κ1) is 9.99. The maximum absolute atomic E-state index is 11.3. The van der Waals surface area contributed by atoms with Crippen LogP contribution in [0.5, 0.6) is 0 Å². The third kappa shape index (κ3) is 3.03. The van der Waals surface area contributed by atoms with Crippen LogP contribution in [0.4, 0.5) is 0 Å². The van der Waals surface area contributed by atoms with Gasteiger partial charge in [-0.2, -0.15) is 0 Å². The van der Waals surface area contributed by atoms with Crippen LogP contribution in [0.15, 0.2) is 22.8 Å². The van der Waals surface area contributed by atoms with Gasteiger partial charge < -0.3 is 9.15 Å². The van der Waals surface area contributed by atoms with Gasteiger partial charge in [0, 0.05) is 0 Å². The maximum Gasteiger partial charge on any atom is 0.223 e. The first-order chi connectivity index (χ1) is 6.24. The quantitative estimate of drug-likeness (QED) is 0.656. The molecule has 0 aliphatic carbocycles. The van der Waals surface area contributed by atoms with Crippen LogP contribution < -0.4 is 0 Å². The highest BCUT2D eigenvalue weighted by Gasteiger charge is 2.09. The van der Waals surface area contributed by atoms with Crippen molar-refractivity contribution >= 4 is 5.78 Å². The Morgan fingerprint density at radius 2 is 2.46 bits per heavy atom. The van der Waals surface area contributed by atoms with E-state index in [1.165, 1.54) is 6.26 Å². The predicted molar refractivity (Wildman–Crippen MR) is 48.7 cm³/mol. The number of ether oxygens (including phenoxy) is 1. The second-order valence-corrected chi connectivity index (χ2v) is 2.93. The summed E-state index contributed by atoms with van der Waals surface area (Å²) in [6.45, 7) is 4.06. The van der Waals surface area contributed by atoms with Gasteiger partial charge in [-0.05, 0) is 25.5 Å². The summed E-state index contributed by atoms with van der Waals surface area (Å²) in [4.78, 5) is 11.3. The molecule has 1 aromatic heterocycles. The topological polar surface area (TPSA) is 39.4 Å². The van der Waals surface area contributed by atoms with Crippen LogP contribution in [0.2, 0.25) is 0 Å². The molecule has 3 nitrogen and oxygen atoms in total. The molecule has 0 fully saturated rings. The molecule has 72 valence electrons. The molecule has 0 amide bonds. The number of carbonyl (C=O) groups is 1. The van der Waals surface area contributed by atoms with Crippen LogP contribution in [0.3, 0.4) is 0 Å². The van der Waals surface area contributed by atoms with E-state index >= 15 is 0 Å². The molecule has 0 N–H and O–H groups in total. The van der Waals surface area contributed by atoms with Gasteiger partial charge >= 0.3 is 0 Å². The smallest absolute Gasteiger partial charge is 0.223 e. The van der Waals surface area contributed by atoms with Crippen LogP contribution >= 0.6 is 0 Å². The van der Waals surface area contributed by atoms with Crippen LogP contribution in [0.25, 0.3) is 0 Å². The van der Waals surface area contributed by atoms with E-state index in [0.717, 1.165) is 6.42 Å². The van der Waals surface area contributed by atoms with Crippen molar-refractivity contribution in [3.05, 3.63) is 24.2 Å². The zero-order valence-electron chi connectivity index (χ0n) is 7.95. The molecule has 0 aliphatic rings. The second kappa shape index (κ2) is 4.82. The number of furan rings is 1. The molecule has 0 saturated heterocycles. The summed E-state index contributed by atoms with van der Waals surface area (Å²) in [5, 5.41) is 0. The zero-order valence-corrected chi connectivity index (χ0v) is 7.95. The number of carbonyl (C=O) groups excluding carboxylic acids is 1. The fraction of sp³-hybridized carbons (Fsp3) is 0.500. The van der Waals surface area contributed by atoms with E-state index in [2.05, 4.69) is 0 Å². The van der Waals surface area contributed by atoms with Crippen LogP contribution in [-0.2, 0) is 4.74 Å². The Bertz CT molecular complexity index is 251. The van der Waals surface area contributed by atoms with Crippen molar-refractivity contribution in [1.29, 1.82) is 0 Å². The zero-order chi connectivity index (χ0) is 9.68. The molecule has 1 rings (SSSR count). The van der Waals surface area contributed by atoms with Gasteiger partial charge in [-0.25, -0.2) is 0 Å². The highest BCUT2D eigenvalue weighted by atomic mass is 16.5. The standard InChI is InChI=1S/C10H14O3/c1-3-8(2)13-7-9(11)10-5-4-6-12-10/h4-6,8H,3,7H2,1-2H3. The van der Waals surface area contributed by atoms with Crippen LogP contribution in [0, 0.1) is 0 Å². The van der Waals surface area contributed by atoms with Crippen molar-refractivity contribution in [2.75, 3.05) is 6.61 Å². The van der Waals surface area contributed by atoms with Gasteiger partial charge in [0.1, 0.15) is 6.61 Å². The second-order valence-electron chi connectivity index (χ2n) is 2.93. The monoisotopic (exact) mass is 182 g/mol. The van der Waals surface area contributed by atoms with E-state index in [0.29, 0.717) is 5.76 Å². The molecular weight excluding hydrogens is 168 g/mol. The summed E-state index contributed by atoms with van der Waals surface area (Å²) < 4.78 is 10.2. The Morgan fingerprint density at radius 1 is 1.69 bits per heavy atom. The summed E-state index contributed by atoms with van der Waals surface area (Å²) in [5.74, 6) is 0.258. The van der Waals surface area contributed by atoms with Crippen molar-refractivity contribution in [3.63, 3.8) is 0 Å². The van der Waals surface area contributed by atoms with E-state index in [9.17, 15) is 4.79 Å². The Hall–Kier alpha value is -1.09. The van der Waals surface area contributed by atoms with Crippen molar-refractivity contribution in [2.45, 2.75) is 26.4 Å². The molecule has 1 unspecified atom stereocenters. The minimum atomic E-state index is -0.106. The van der Waals surface area contributed by atoms with Gasteiger partial charge in [-0.15, -0.1) is 0 Å². The van der Waals surface area contributed by atoms with Gasteiger partial charge in [0.25, 0.3) is 0 Å². The molecule has 0 saturated carbocycles. The van der Waals surface area contributed by atoms with E-state index < -0.39 is 0 Å². The lowest BCUT2D eigenvalue weighted by Gasteiger charge is -2.08. The molecule has 13 heavy (non-hydrogen) atoms. The molecule has 1 heterocycles. The largest absolute Gasteiger partial charge is 0.461 e. The third-order valence-electron chi connectivity index (χ3n) is 1.87. The molecule has 0 aromatic carbocycles. The number of rotatable bonds is 5. The van der Waals surface area contributed by atoms with E-state index in [1.807, 2.05) is 13.8 Å². The summed E-state index contributed by atoms with van der Waals surface area (Å²) >= 11 is 0. The molecule has 0 spiro atoms. The summed E-state index contributed by atoms with van der Waals surface area (Å²) in [7, 11) is 0. The van der Waals surface area contributed by atoms with Crippen molar-refractivity contribution in [2.24, 2.45) is 0 Å². The Kier molecular flexibility index (Phi) is 3.71. The molecule has 0 aliphatic heterocycles. The van der Waals surface area contributed by atoms with Crippen molar-refractivity contribution in [3.8, 4) is 0 Å². The molecule has 3 heteroatoms. The lowest BCUT2D eigenvalue weighted by molar-refractivity contribution is 0.0491. The van der Waals surface area contributed by atoms with Crippen molar-refractivity contribution in [1.82, 2.24) is 0 Å². The summed E-state index contributed by atoms with van der Waals surface area (Å²) in [6.07, 6.45) is 2.51. The Morgan fingerprint density at radius 3 is 3.00 bits per heavy atom. The maximum atomic E-state index is 11.3. The van der Waals surface area contributed by atoms with E-state index in [4.69, 9.17) is 9.15 Å². The molecular formula is C10H14O3. The highest BCUT2D eigenvalue weighted by molar-refractivity contribution is 5.94. The molecule has 0 bridgehead atoms. The normalized spacial score (nSPS) is 12.8. The average Bonchev–Trinajstić information content (AvgIpc) is 2.66. The lowest BCUT2D eigenvalue weighted by atomic mass is 10.3. The van der Waals surface area contributed by atoms with Gasteiger partial charge in [-0.1, -0.05) is 6.92 Å². The number of ketones is 1. The number of hydrogen-bond donors (Lipinski definition) is 0. The lowest BCUT2D eigenvalue weighted by Crippen LogP contribution is -2.14. The molecule has 1 atom stereocenters. The minimum absolute atomic E-state index is 0.0997. The predicted octanol–water partition coefficient (Wildman–Crippen LogP) is 2.28. The Balaban J connectivity index is 2.35. The van der Waals surface area contributed by atoms with E-state index in [-0.39, 0.29) is 18.5 Å². The molecule has 1 aromatic rings. The van der Waals surface area contributed by atoms with Gasteiger partial charge in [0.2, 0.25) is 5.78 Å². The fourth-order valence-corrected chi connectivity index (χ4v) is 0.844. The van der Waals surface area contributed by atoms with Crippen molar-refractivity contribution < 1.29 is 13.9 Å². The minimum Gasteiger partial charge on any atom is -0.461 e. The number of hydrogen-bond acceptors (Lipinski definition) is 3. The van der Waals surface area contributed by atoms with Gasteiger partial charge in [0.05, 0.1) is 12.4 Å². The van der Waals surface area contributed by atoms with Gasteiger partial charge in [-0.3, -0.25) is 4.79 Å². The molecule has 0 radical (unpaired) electrons. The first-order valence-electron chi connectivity index (χ1n) is 4.42. The third-order valence-corrected chi connectivity index (χ3v) is 1.87. The van der Waals surface area contributed by atoms with Crippen LogP contribution in [-0.4, -0.2) is 18.5 Å². The van der Waals surface area contributed by atoms with E-state index in [1.54, 1.807) is 12.1 Å².